The van der Waals surface area contributed by atoms with Gasteiger partial charge in [0.1, 0.15) is 46.7 Å². The van der Waals surface area contributed by atoms with Gasteiger partial charge < -0.3 is 95.8 Å². The van der Waals surface area contributed by atoms with Gasteiger partial charge in [-0.1, -0.05) is 33.1 Å². The molecule has 3 atom stereocenters. The molecule has 0 aromatic heterocycles. The van der Waals surface area contributed by atoms with E-state index >= 15 is 0 Å². The van der Waals surface area contributed by atoms with Gasteiger partial charge in [-0.3, -0.25) is 81.9 Å². The highest BCUT2D eigenvalue weighted by atomic mass is 16.7. The number of rotatable bonds is 66. The third-order valence-corrected chi connectivity index (χ3v) is 15.7. The smallest absolute Gasteiger partial charge is 0.317 e. The van der Waals surface area contributed by atoms with Crippen molar-refractivity contribution in [2.75, 3.05) is 217 Å². The highest BCUT2D eigenvalue weighted by Gasteiger charge is 2.24. The summed E-state index contributed by atoms with van der Waals surface area (Å²) >= 11 is 0. The molecule has 1 fully saturated rings. The van der Waals surface area contributed by atoms with Crippen molar-refractivity contribution in [3.05, 3.63) is 0 Å². The second kappa shape index (κ2) is 63.7. The molecule has 0 aromatic rings. The third kappa shape index (κ3) is 56.6. The molecule has 0 radical (unpaired) electrons. The highest BCUT2D eigenvalue weighted by Crippen LogP contribution is 2.15. The van der Waals surface area contributed by atoms with Crippen LogP contribution in [0, 0.1) is 17.8 Å². The summed E-state index contributed by atoms with van der Waals surface area (Å²) in [5.41, 5.74) is 10.6. The first-order chi connectivity index (χ1) is 49.2. The zero-order valence-corrected chi connectivity index (χ0v) is 60.1. The van der Waals surface area contributed by atoms with Gasteiger partial charge in [-0.2, -0.15) is 0 Å². The average Bonchev–Trinajstić information content (AvgIpc) is 0.926. The predicted octanol–water partition coefficient (Wildman–Crippen LogP) is -2.81. The zero-order chi connectivity index (χ0) is 75.1. The minimum atomic E-state index is -0.999. The third-order valence-electron chi connectivity index (χ3n) is 15.7. The van der Waals surface area contributed by atoms with Crippen LogP contribution in [0.2, 0.25) is 0 Å². The van der Waals surface area contributed by atoms with Crippen molar-refractivity contribution < 1.29 is 115 Å². The van der Waals surface area contributed by atoms with Crippen molar-refractivity contribution in [2.45, 2.75) is 110 Å². The van der Waals surface area contributed by atoms with E-state index in [0.29, 0.717) is 143 Å². The van der Waals surface area contributed by atoms with Gasteiger partial charge in [-0.15, -0.1) is 0 Å². The van der Waals surface area contributed by atoms with E-state index in [0.717, 1.165) is 12.8 Å². The van der Waals surface area contributed by atoms with E-state index in [1.165, 1.54) is 0 Å². The first kappa shape index (κ1) is 93.0. The topological polar surface area (TPSA) is 472 Å². The number of nitrogens with zero attached hydrogens (tertiary/aromatic N) is 4. The van der Waals surface area contributed by atoms with Gasteiger partial charge >= 0.3 is 5.97 Å². The lowest BCUT2D eigenvalue weighted by atomic mass is 9.95. The molecule has 0 spiro atoms. The molecule has 1 aliphatic heterocycles. The highest BCUT2D eigenvalue weighted by molar-refractivity contribution is 5.87. The van der Waals surface area contributed by atoms with Gasteiger partial charge in [-0.05, 0) is 51.4 Å². The molecule has 1 rings (SSSR count). The Balaban J connectivity index is 2.26. The number of unbranched alkanes of at least 4 members (excludes halogenated alkanes) is 3. The number of nitrogens with one attached hydrogen (secondary N) is 6. The molecule has 36 nitrogen and oxygen atoms in total. The van der Waals surface area contributed by atoms with Gasteiger partial charge in [0, 0.05) is 142 Å². The van der Waals surface area contributed by atoms with Crippen LogP contribution in [0.5, 0.6) is 0 Å². The zero-order valence-electron chi connectivity index (χ0n) is 60.1. The monoisotopic (exact) mass is 1460 g/mol. The van der Waals surface area contributed by atoms with Crippen molar-refractivity contribution in [3.63, 3.8) is 0 Å². The van der Waals surface area contributed by atoms with Crippen molar-refractivity contribution in [1.29, 1.82) is 0 Å². The summed E-state index contributed by atoms with van der Waals surface area (Å²) in [7, 11) is 0. The summed E-state index contributed by atoms with van der Waals surface area (Å²) in [4.78, 5) is 164. The Labute approximate surface area is 599 Å². The van der Waals surface area contributed by atoms with Gasteiger partial charge in [0.25, 0.3) is 12.9 Å². The number of aliphatic carboxylic acids is 1. The molecule has 1 aliphatic rings. The normalized spacial score (nSPS) is 14.3. The van der Waals surface area contributed by atoms with E-state index in [1.807, 2.05) is 14.7 Å². The largest absolute Gasteiger partial charge is 0.480 e. The van der Waals surface area contributed by atoms with Crippen LogP contribution in [0.4, 0.5) is 0 Å². The molecule has 36 heteroatoms. The maximum atomic E-state index is 13.3. The van der Waals surface area contributed by atoms with Gasteiger partial charge in [-0.25, -0.2) is 0 Å². The lowest BCUT2D eigenvalue weighted by Gasteiger charge is -2.33. The Hall–Kier alpha value is -6.97. The van der Waals surface area contributed by atoms with Crippen LogP contribution in [0.1, 0.15) is 110 Å². The molecular formula is C66H118N12O24. The van der Waals surface area contributed by atoms with E-state index in [9.17, 15) is 67.4 Å². The number of primary amides is 2. The molecule has 8 amide bonds. The summed E-state index contributed by atoms with van der Waals surface area (Å²) in [6.45, 7) is 10.2. The Bertz CT molecular complexity index is 2370. The number of Topliss-reactive ketones (excluding diaryl/α,β-unsaturated/α-hetero) is 2. The number of hydrogen-bond donors (Lipinski definition) is 9. The Kier molecular flexibility index (Phi) is 58.1. The van der Waals surface area contributed by atoms with Crippen molar-refractivity contribution >= 4 is 77.7 Å². The maximum absolute atomic E-state index is 13.3. The molecule has 1 saturated heterocycles. The lowest BCUT2D eigenvalue weighted by Crippen LogP contribution is -2.49. The molecule has 586 valence electrons. The number of carboxylic acids is 1. The fraction of sp³-hybridized carbons (Fsp3) is 0.803. The first-order valence-corrected chi connectivity index (χ1v) is 35.3. The number of carbonyl (C=O) groups is 13. The molecule has 0 unspecified atom stereocenters. The van der Waals surface area contributed by atoms with Crippen molar-refractivity contribution in [2.24, 2.45) is 29.2 Å². The van der Waals surface area contributed by atoms with Crippen molar-refractivity contribution in [1.82, 2.24) is 51.5 Å². The van der Waals surface area contributed by atoms with E-state index in [-0.39, 0.29) is 236 Å². The van der Waals surface area contributed by atoms with Crippen LogP contribution >= 0.6 is 0 Å². The quantitative estimate of drug-likeness (QED) is 0.0169. The average molecular weight is 1460 g/mol. The van der Waals surface area contributed by atoms with E-state index in [4.69, 9.17) is 58.8 Å². The predicted molar refractivity (Wildman–Crippen MR) is 367 cm³/mol. The molecule has 102 heavy (non-hydrogen) atoms. The second-order valence-electron chi connectivity index (χ2n) is 24.4. The number of nitrogens with two attached hydrogens (primary N) is 2. The van der Waals surface area contributed by atoms with E-state index < -0.39 is 17.8 Å². The molecule has 1 heterocycles. The maximum Gasteiger partial charge on any atom is 0.317 e. The Morgan fingerprint density at radius 3 is 1.27 bits per heavy atom. The second-order valence-corrected chi connectivity index (χ2v) is 24.4. The first-order valence-electron chi connectivity index (χ1n) is 35.3. The molecule has 0 bridgehead atoms. The summed E-state index contributed by atoms with van der Waals surface area (Å²) in [6, 6.07) is 0. The number of carbonyl (C=O) groups excluding carboxylic acids is 12. The van der Waals surface area contributed by atoms with E-state index in [2.05, 4.69) is 31.9 Å². The Morgan fingerprint density at radius 1 is 0.392 bits per heavy atom. The molecule has 0 aliphatic carbocycles. The van der Waals surface area contributed by atoms with Crippen LogP contribution in [0.3, 0.4) is 0 Å². The summed E-state index contributed by atoms with van der Waals surface area (Å²) < 4.78 is 53.2. The summed E-state index contributed by atoms with van der Waals surface area (Å²) in [6.07, 6.45) is 6.52. The van der Waals surface area contributed by atoms with Gasteiger partial charge in [0.2, 0.25) is 47.3 Å². The SMILES string of the molecule is C[C@@H](CCCCNC(=O)COCCOCCNC(=O)COCCOCCNC(=O)CCCC(=O)NCCCC[C@H](CC(=O)COCOCCCC(=O)COCCOCCNC(=O)CN1CCN(COC=O)CCN(COC=O)CCN(CC(=O)O)CC1)C(=O)NCCCC[C@H](C)C(N)=O)C(N)=O. The van der Waals surface area contributed by atoms with Crippen LogP contribution in [0.25, 0.3) is 0 Å². The van der Waals surface area contributed by atoms with Crippen LogP contribution in [-0.2, 0) is 110 Å². The minimum Gasteiger partial charge on any atom is -0.480 e. The lowest BCUT2D eigenvalue weighted by molar-refractivity contribution is -0.139. The summed E-state index contributed by atoms with van der Waals surface area (Å²) in [5, 5.41) is 26.2. The standard InChI is InChI=1S/C66H118N12O24/c1-53(64(67)90)11-3-6-18-70-61(86)46-97-39-37-95-34-22-73-62(87)47-98-40-36-93-32-20-71-59(84)16-9-15-58(83)69-17-8-5-13-55(66(92)74-19-7-4-12-54(2)65(68)91)41-57(82)45-100-52-99-31-10-14-56(81)44-96-38-35-94-33-21-72-60(85)42-75-23-24-76(43-63(88)89)26-28-78(49-102-51-80)30-29-77(27-25-75)48-101-50-79/h50-51,53-55H,3-49,52H2,1-2H3,(H2,67,90)(H2,68,91)(H,69,83)(H,70,86)(H,71,84)(H,72,85)(H,73,87)(H,74,92)(H,88,89)/t53-,54-,55+/m0/s1. The van der Waals surface area contributed by atoms with Gasteiger partial charge in [0.15, 0.2) is 11.6 Å². The number of hydrogen-bond acceptors (Lipinski definition) is 27. The van der Waals surface area contributed by atoms with Crippen molar-refractivity contribution in [3.8, 4) is 0 Å². The molecule has 11 N–H and O–H groups in total. The molecule has 0 saturated carbocycles. The number of amides is 8. The molecule has 0 aromatic carbocycles. The number of carboxylic acid groups (broad SMARTS) is 1. The summed E-state index contributed by atoms with van der Waals surface area (Å²) in [5.74, 6) is -4.96. The number of ether oxygens (including phenoxy) is 10. The molecular weight excluding hydrogens is 1340 g/mol. The van der Waals surface area contributed by atoms with E-state index in [1.54, 1.807) is 18.7 Å². The van der Waals surface area contributed by atoms with Crippen LogP contribution < -0.4 is 43.4 Å². The van der Waals surface area contributed by atoms with Crippen LogP contribution in [-0.4, -0.2) is 320 Å². The van der Waals surface area contributed by atoms with Crippen LogP contribution in [0.15, 0.2) is 0 Å². The number of ketones is 2. The fourth-order valence-corrected chi connectivity index (χ4v) is 9.67. The Morgan fingerprint density at radius 2 is 0.794 bits per heavy atom. The minimum absolute atomic E-state index is 0.0185. The van der Waals surface area contributed by atoms with Gasteiger partial charge in [0.05, 0.1) is 72.6 Å². The fourth-order valence-electron chi connectivity index (χ4n) is 9.67.